The van der Waals surface area contributed by atoms with Crippen molar-refractivity contribution in [2.24, 2.45) is 0 Å². The number of carbonyl (C=O) groups is 1. The molecule has 1 atom stereocenters. The van der Waals surface area contributed by atoms with Gasteiger partial charge in [0.25, 0.3) is 0 Å². The fraction of sp³-hybridized carbons (Fsp3) is 0.938. The molecule has 0 aromatic carbocycles. The quantitative estimate of drug-likeness (QED) is 0.228. The average molecular weight is 382 g/mol. The van der Waals surface area contributed by atoms with Gasteiger partial charge in [-0.25, -0.2) is 0 Å². The maximum atomic E-state index is 10.4. The number of halogens is 1. The summed E-state index contributed by atoms with van der Waals surface area (Å²) in [5.41, 5.74) is 0. The van der Waals surface area contributed by atoms with E-state index >= 15 is 0 Å². The fourth-order valence-corrected chi connectivity index (χ4v) is 3.03. The predicted molar refractivity (Wildman–Crippen MR) is 91.1 cm³/mol. The van der Waals surface area contributed by atoms with Crippen LogP contribution in [0.15, 0.2) is 0 Å². The average Bonchev–Trinajstić information content (AvgIpc) is 2.38. The van der Waals surface area contributed by atoms with Crippen molar-refractivity contribution < 1.29 is 9.90 Å². The molecule has 19 heavy (non-hydrogen) atoms. The number of carboxylic acids is 1. The summed E-state index contributed by atoms with van der Waals surface area (Å²) in [6, 6.07) is 0. The van der Waals surface area contributed by atoms with Crippen molar-refractivity contribution in [1.29, 1.82) is 0 Å². The van der Waals surface area contributed by atoms with Crippen LogP contribution < -0.4 is 0 Å². The number of unbranched alkanes of at least 4 members (excludes halogenated alkanes) is 9. The maximum Gasteiger partial charge on any atom is 0.303 e. The second kappa shape index (κ2) is 14.6. The van der Waals surface area contributed by atoms with Gasteiger partial charge in [0.05, 0.1) is 0 Å². The van der Waals surface area contributed by atoms with Gasteiger partial charge in [-0.3, -0.25) is 4.79 Å². The number of carboxylic acid groups (broad SMARTS) is 1. The van der Waals surface area contributed by atoms with Gasteiger partial charge in [0.1, 0.15) is 0 Å². The lowest BCUT2D eigenvalue weighted by Crippen LogP contribution is -2.02. The highest BCUT2D eigenvalue weighted by atomic mass is 127. The Balaban J connectivity index is 3.11. The first-order chi connectivity index (χ1) is 9.16. The lowest BCUT2D eigenvalue weighted by atomic mass is 10.0. The topological polar surface area (TPSA) is 37.3 Å². The van der Waals surface area contributed by atoms with E-state index in [0.717, 1.165) is 6.42 Å². The lowest BCUT2D eigenvalue weighted by Gasteiger charge is -2.07. The molecule has 0 rings (SSSR count). The number of aliphatic carboxylic acids is 1. The minimum Gasteiger partial charge on any atom is -0.481 e. The Morgan fingerprint density at radius 2 is 1.37 bits per heavy atom. The first-order valence-electron chi connectivity index (χ1n) is 8.02. The van der Waals surface area contributed by atoms with E-state index in [1.165, 1.54) is 70.6 Å². The monoisotopic (exact) mass is 382 g/mol. The van der Waals surface area contributed by atoms with Crippen LogP contribution in [0.5, 0.6) is 0 Å². The van der Waals surface area contributed by atoms with Crippen molar-refractivity contribution in [3.05, 3.63) is 0 Å². The number of alkyl halides is 1. The van der Waals surface area contributed by atoms with Gasteiger partial charge in [0, 0.05) is 10.3 Å². The van der Waals surface area contributed by atoms with E-state index in [-0.39, 0.29) is 0 Å². The molecule has 0 saturated heterocycles. The Labute approximate surface area is 132 Å². The molecule has 0 radical (unpaired) electrons. The first-order valence-corrected chi connectivity index (χ1v) is 9.27. The number of hydrogen-bond acceptors (Lipinski definition) is 1. The predicted octanol–water partition coefficient (Wildman–Crippen LogP) is 5.97. The molecule has 0 fully saturated rings. The van der Waals surface area contributed by atoms with Crippen LogP contribution in [0.25, 0.3) is 0 Å². The molecule has 0 bridgehead atoms. The molecule has 0 amide bonds. The molecule has 0 aliphatic heterocycles. The highest BCUT2D eigenvalue weighted by molar-refractivity contribution is 14.1. The van der Waals surface area contributed by atoms with E-state index in [1.54, 1.807) is 0 Å². The van der Waals surface area contributed by atoms with Gasteiger partial charge in [-0.15, -0.1) is 0 Å². The van der Waals surface area contributed by atoms with E-state index in [2.05, 4.69) is 29.5 Å². The summed E-state index contributed by atoms with van der Waals surface area (Å²) >= 11 is 2.40. The van der Waals surface area contributed by atoms with Crippen molar-refractivity contribution in [3.63, 3.8) is 0 Å². The molecular weight excluding hydrogens is 351 g/mol. The van der Waals surface area contributed by atoms with Crippen molar-refractivity contribution in [2.45, 2.75) is 94.3 Å². The normalized spacial score (nSPS) is 12.5. The zero-order valence-corrected chi connectivity index (χ0v) is 14.7. The number of rotatable bonds is 14. The Morgan fingerprint density at radius 1 is 0.895 bits per heavy atom. The van der Waals surface area contributed by atoms with Crippen LogP contribution in [0.4, 0.5) is 0 Å². The minimum absolute atomic E-state index is 0.325. The molecule has 0 aliphatic rings. The third-order valence-corrected chi connectivity index (χ3v) is 4.79. The molecule has 0 heterocycles. The largest absolute Gasteiger partial charge is 0.481 e. The molecule has 0 aromatic heterocycles. The van der Waals surface area contributed by atoms with E-state index in [9.17, 15) is 4.79 Å². The molecule has 114 valence electrons. The third-order valence-electron chi connectivity index (χ3n) is 3.54. The van der Waals surface area contributed by atoms with Gasteiger partial charge < -0.3 is 5.11 Å². The van der Waals surface area contributed by atoms with Crippen LogP contribution in [0.3, 0.4) is 0 Å². The highest BCUT2D eigenvalue weighted by Crippen LogP contribution is 2.18. The summed E-state index contributed by atoms with van der Waals surface area (Å²) in [5.74, 6) is -0.662. The molecule has 0 saturated carbocycles. The van der Waals surface area contributed by atoms with Crippen LogP contribution in [-0.2, 0) is 4.79 Å². The minimum atomic E-state index is -0.662. The van der Waals surface area contributed by atoms with Crippen LogP contribution in [0, 0.1) is 0 Å². The van der Waals surface area contributed by atoms with Crippen LogP contribution in [0.1, 0.15) is 90.4 Å². The summed E-state index contributed by atoms with van der Waals surface area (Å²) in [6.45, 7) is 2.26. The summed E-state index contributed by atoms with van der Waals surface area (Å²) in [7, 11) is 0. The molecule has 1 unspecified atom stereocenters. The Bertz CT molecular complexity index is 207. The van der Waals surface area contributed by atoms with Gasteiger partial charge in [0.2, 0.25) is 0 Å². The van der Waals surface area contributed by atoms with Crippen LogP contribution in [-0.4, -0.2) is 15.0 Å². The zero-order valence-electron chi connectivity index (χ0n) is 12.5. The second-order valence-corrected chi connectivity index (χ2v) is 7.26. The zero-order chi connectivity index (χ0) is 14.3. The number of hydrogen-bond donors (Lipinski definition) is 1. The SMILES string of the molecule is CCCCCCCCCCCCC(I)CCC(=O)O. The van der Waals surface area contributed by atoms with Crippen LogP contribution in [0.2, 0.25) is 0 Å². The van der Waals surface area contributed by atoms with Crippen molar-refractivity contribution in [2.75, 3.05) is 0 Å². The van der Waals surface area contributed by atoms with Crippen LogP contribution >= 0.6 is 22.6 Å². The van der Waals surface area contributed by atoms with Gasteiger partial charge in [-0.1, -0.05) is 93.7 Å². The second-order valence-electron chi connectivity index (χ2n) is 5.50. The lowest BCUT2D eigenvalue weighted by molar-refractivity contribution is -0.137. The summed E-state index contributed by atoms with van der Waals surface area (Å²) in [5, 5.41) is 8.61. The van der Waals surface area contributed by atoms with Gasteiger partial charge in [-0.05, 0) is 12.8 Å². The van der Waals surface area contributed by atoms with Gasteiger partial charge >= 0.3 is 5.97 Å². The van der Waals surface area contributed by atoms with Gasteiger partial charge in [-0.2, -0.15) is 0 Å². The molecule has 0 aliphatic carbocycles. The fourth-order valence-electron chi connectivity index (χ4n) is 2.28. The highest BCUT2D eigenvalue weighted by Gasteiger charge is 2.06. The van der Waals surface area contributed by atoms with E-state index < -0.39 is 5.97 Å². The van der Waals surface area contributed by atoms with Gasteiger partial charge in [0.15, 0.2) is 0 Å². The Kier molecular flexibility index (Phi) is 14.8. The molecule has 0 spiro atoms. The van der Waals surface area contributed by atoms with Crippen molar-refractivity contribution in [1.82, 2.24) is 0 Å². The van der Waals surface area contributed by atoms with Crippen molar-refractivity contribution in [3.8, 4) is 0 Å². The summed E-state index contributed by atoms with van der Waals surface area (Å²) < 4.78 is 0.544. The molecule has 2 nitrogen and oxygen atoms in total. The molecule has 3 heteroatoms. The Hall–Kier alpha value is 0.200. The third kappa shape index (κ3) is 16.1. The standard InChI is InChI=1S/C16H31IO2/c1-2-3-4-5-6-7-8-9-10-11-12-15(17)13-14-16(18)19/h15H,2-14H2,1H3,(H,18,19). The summed E-state index contributed by atoms with van der Waals surface area (Å²) in [4.78, 5) is 10.4. The Morgan fingerprint density at radius 3 is 1.84 bits per heavy atom. The summed E-state index contributed by atoms with van der Waals surface area (Å²) in [6.07, 6.45) is 16.0. The maximum absolute atomic E-state index is 10.4. The smallest absolute Gasteiger partial charge is 0.303 e. The van der Waals surface area contributed by atoms with E-state index in [4.69, 9.17) is 5.11 Å². The molecule has 1 N–H and O–H groups in total. The van der Waals surface area contributed by atoms with E-state index in [0.29, 0.717) is 10.3 Å². The van der Waals surface area contributed by atoms with Crippen molar-refractivity contribution >= 4 is 28.6 Å². The first kappa shape index (κ1) is 19.2. The molecular formula is C16H31IO2. The molecule has 0 aromatic rings. The van der Waals surface area contributed by atoms with E-state index in [1.807, 2.05) is 0 Å².